The van der Waals surface area contributed by atoms with E-state index < -0.39 is 0 Å². The molecule has 0 fully saturated rings. The third-order valence-corrected chi connectivity index (χ3v) is 2.57. The van der Waals surface area contributed by atoms with Gasteiger partial charge in [-0.25, -0.2) is 4.52 Å². The van der Waals surface area contributed by atoms with Crippen LogP contribution in [0.25, 0.3) is 5.52 Å². The first-order valence-electron chi connectivity index (χ1n) is 5.26. The Kier molecular flexibility index (Phi) is 2.19. The highest BCUT2D eigenvalue weighted by Gasteiger charge is 2.15. The van der Waals surface area contributed by atoms with Crippen LogP contribution in [0.2, 0.25) is 0 Å². The highest BCUT2D eigenvalue weighted by atomic mass is 16.1. The van der Waals surface area contributed by atoms with Crippen molar-refractivity contribution in [2.24, 2.45) is 0 Å². The van der Waals surface area contributed by atoms with Crippen LogP contribution in [0.4, 0.5) is 0 Å². The van der Waals surface area contributed by atoms with E-state index in [1.807, 2.05) is 36.4 Å². The van der Waals surface area contributed by atoms with Gasteiger partial charge in [0, 0.05) is 11.8 Å². The van der Waals surface area contributed by atoms with Gasteiger partial charge >= 0.3 is 0 Å². The van der Waals surface area contributed by atoms with E-state index in [2.05, 4.69) is 10.3 Å². The molecule has 1 aromatic carbocycles. The number of nitrogens with zero attached hydrogens (tertiary/aromatic N) is 3. The van der Waals surface area contributed by atoms with E-state index in [4.69, 9.17) is 0 Å². The van der Waals surface area contributed by atoms with Gasteiger partial charge in [0.15, 0.2) is 5.69 Å². The number of aromatic nitrogens is 3. The van der Waals surface area contributed by atoms with E-state index >= 15 is 0 Å². The van der Waals surface area contributed by atoms with E-state index in [0.717, 1.165) is 5.52 Å². The van der Waals surface area contributed by atoms with Crippen molar-refractivity contribution in [2.75, 3.05) is 0 Å². The minimum Gasteiger partial charge on any atom is -0.287 e. The summed E-state index contributed by atoms with van der Waals surface area (Å²) in [5.41, 5.74) is 1.73. The third-order valence-electron chi connectivity index (χ3n) is 2.57. The van der Waals surface area contributed by atoms with Crippen LogP contribution in [0.15, 0.2) is 54.7 Å². The SMILES string of the molecule is O=C(c1ccccc1)c1nnn2ccccc12. The Morgan fingerprint density at radius 2 is 1.76 bits per heavy atom. The Morgan fingerprint density at radius 3 is 2.59 bits per heavy atom. The van der Waals surface area contributed by atoms with Crippen LogP contribution in [-0.4, -0.2) is 20.6 Å². The number of ketones is 1. The summed E-state index contributed by atoms with van der Waals surface area (Å²) in [5.74, 6) is -0.105. The van der Waals surface area contributed by atoms with Gasteiger partial charge in [-0.2, -0.15) is 0 Å². The molecule has 2 aromatic heterocycles. The summed E-state index contributed by atoms with van der Waals surface area (Å²) in [7, 11) is 0. The molecule has 4 heteroatoms. The van der Waals surface area contributed by atoms with Crippen molar-refractivity contribution in [3.8, 4) is 0 Å². The molecule has 0 bridgehead atoms. The molecule has 3 rings (SSSR count). The molecule has 0 unspecified atom stereocenters. The Morgan fingerprint density at radius 1 is 1.00 bits per heavy atom. The first-order chi connectivity index (χ1) is 8.36. The molecule has 3 aromatic rings. The number of carbonyl (C=O) groups is 1. The summed E-state index contributed by atoms with van der Waals surface area (Å²) >= 11 is 0. The third kappa shape index (κ3) is 1.59. The fourth-order valence-corrected chi connectivity index (χ4v) is 1.73. The molecule has 2 heterocycles. The number of fused-ring (bicyclic) bond motifs is 1. The van der Waals surface area contributed by atoms with Crippen molar-refractivity contribution in [3.63, 3.8) is 0 Å². The Hall–Kier alpha value is -2.49. The summed E-state index contributed by atoms with van der Waals surface area (Å²) in [6.07, 6.45) is 1.77. The molecule has 0 saturated carbocycles. The smallest absolute Gasteiger partial charge is 0.215 e. The van der Waals surface area contributed by atoms with Crippen LogP contribution in [0, 0.1) is 0 Å². The molecule has 0 aliphatic rings. The first kappa shape index (κ1) is 9.72. The van der Waals surface area contributed by atoms with E-state index in [-0.39, 0.29) is 5.78 Å². The fraction of sp³-hybridized carbons (Fsp3) is 0. The van der Waals surface area contributed by atoms with Crippen molar-refractivity contribution < 1.29 is 4.79 Å². The average Bonchev–Trinajstić information content (AvgIpc) is 2.83. The summed E-state index contributed by atoms with van der Waals surface area (Å²) in [6.45, 7) is 0. The first-order valence-corrected chi connectivity index (χ1v) is 5.26. The lowest BCUT2D eigenvalue weighted by Gasteiger charge is -1.96. The maximum Gasteiger partial charge on any atom is 0.215 e. The molecule has 0 N–H and O–H groups in total. The van der Waals surface area contributed by atoms with Crippen LogP contribution < -0.4 is 0 Å². The predicted molar refractivity (Wildman–Crippen MR) is 62.9 cm³/mol. The second-order valence-electron chi connectivity index (χ2n) is 3.66. The van der Waals surface area contributed by atoms with Crippen molar-refractivity contribution in [1.82, 2.24) is 14.8 Å². The summed E-state index contributed by atoms with van der Waals surface area (Å²) in [6, 6.07) is 14.6. The highest BCUT2D eigenvalue weighted by Crippen LogP contribution is 2.12. The Labute approximate surface area is 97.5 Å². The van der Waals surface area contributed by atoms with E-state index in [0.29, 0.717) is 11.3 Å². The molecule has 82 valence electrons. The number of benzene rings is 1. The van der Waals surface area contributed by atoms with Crippen molar-refractivity contribution in [3.05, 3.63) is 66.0 Å². The molecule has 4 nitrogen and oxygen atoms in total. The van der Waals surface area contributed by atoms with Crippen molar-refractivity contribution in [2.45, 2.75) is 0 Å². The quantitative estimate of drug-likeness (QED) is 0.624. The number of hydrogen-bond donors (Lipinski definition) is 0. The molecule has 0 amide bonds. The zero-order valence-corrected chi connectivity index (χ0v) is 8.95. The zero-order chi connectivity index (χ0) is 11.7. The highest BCUT2D eigenvalue weighted by molar-refractivity contribution is 6.11. The molecular formula is C13H9N3O. The minimum atomic E-state index is -0.105. The van der Waals surface area contributed by atoms with Crippen molar-refractivity contribution in [1.29, 1.82) is 0 Å². The lowest BCUT2D eigenvalue weighted by molar-refractivity contribution is 0.103. The Balaban J connectivity index is 2.14. The van der Waals surface area contributed by atoms with Gasteiger partial charge in [0.1, 0.15) is 0 Å². The molecule has 0 aliphatic heterocycles. The van der Waals surface area contributed by atoms with Crippen LogP contribution in [0.1, 0.15) is 16.1 Å². The molecule has 17 heavy (non-hydrogen) atoms. The Bertz CT molecular complexity index is 673. The lowest BCUT2D eigenvalue weighted by atomic mass is 10.1. The lowest BCUT2D eigenvalue weighted by Crippen LogP contribution is -2.02. The maximum atomic E-state index is 12.2. The monoisotopic (exact) mass is 223 g/mol. The van der Waals surface area contributed by atoms with Gasteiger partial charge in [-0.05, 0) is 12.1 Å². The molecule has 0 atom stereocenters. The normalized spacial score (nSPS) is 10.6. The van der Waals surface area contributed by atoms with Crippen LogP contribution in [0.3, 0.4) is 0 Å². The average molecular weight is 223 g/mol. The van der Waals surface area contributed by atoms with Crippen LogP contribution in [0.5, 0.6) is 0 Å². The molecule has 0 saturated heterocycles. The summed E-state index contributed by atoms with van der Waals surface area (Å²) in [5, 5.41) is 7.85. The van der Waals surface area contributed by atoms with Gasteiger partial charge in [-0.15, -0.1) is 5.10 Å². The van der Waals surface area contributed by atoms with Gasteiger partial charge in [0.25, 0.3) is 0 Å². The van der Waals surface area contributed by atoms with E-state index in [1.54, 1.807) is 22.8 Å². The second kappa shape index (κ2) is 3.83. The van der Waals surface area contributed by atoms with E-state index in [1.165, 1.54) is 0 Å². The number of rotatable bonds is 2. The molecule has 0 aliphatic carbocycles. The summed E-state index contributed by atoms with van der Waals surface area (Å²) in [4.78, 5) is 12.2. The van der Waals surface area contributed by atoms with Gasteiger partial charge in [0.05, 0.1) is 5.52 Å². The number of carbonyl (C=O) groups excluding carboxylic acids is 1. The second-order valence-corrected chi connectivity index (χ2v) is 3.66. The molecule has 0 radical (unpaired) electrons. The maximum absolute atomic E-state index is 12.2. The van der Waals surface area contributed by atoms with Crippen LogP contribution >= 0.6 is 0 Å². The fourth-order valence-electron chi connectivity index (χ4n) is 1.73. The van der Waals surface area contributed by atoms with Crippen LogP contribution in [-0.2, 0) is 0 Å². The predicted octanol–water partition coefficient (Wildman–Crippen LogP) is 1.96. The van der Waals surface area contributed by atoms with Gasteiger partial charge in [-0.3, -0.25) is 4.79 Å². The summed E-state index contributed by atoms with van der Waals surface area (Å²) < 4.78 is 1.59. The number of pyridine rings is 1. The number of hydrogen-bond acceptors (Lipinski definition) is 3. The van der Waals surface area contributed by atoms with Gasteiger partial charge in [0.2, 0.25) is 5.78 Å². The zero-order valence-electron chi connectivity index (χ0n) is 8.95. The topological polar surface area (TPSA) is 47.3 Å². The van der Waals surface area contributed by atoms with Crippen molar-refractivity contribution >= 4 is 11.3 Å². The molecule has 0 spiro atoms. The minimum absolute atomic E-state index is 0.105. The van der Waals surface area contributed by atoms with Gasteiger partial charge < -0.3 is 0 Å². The standard InChI is InChI=1S/C13H9N3O/c17-13(10-6-2-1-3-7-10)12-11-8-4-5-9-16(11)15-14-12/h1-9H. The molecular weight excluding hydrogens is 214 g/mol. The largest absolute Gasteiger partial charge is 0.287 e. The van der Waals surface area contributed by atoms with E-state index in [9.17, 15) is 4.79 Å². The van der Waals surface area contributed by atoms with Gasteiger partial charge in [-0.1, -0.05) is 41.6 Å².